The fourth-order valence-electron chi connectivity index (χ4n) is 5.15. The minimum absolute atomic E-state index is 0.0310. The number of fused-ring (bicyclic) bond motifs is 1. The summed E-state index contributed by atoms with van der Waals surface area (Å²) in [6.45, 7) is 1.70. The summed E-state index contributed by atoms with van der Waals surface area (Å²) in [6.07, 6.45) is 2.13. The fraction of sp³-hybridized carbons (Fsp3) is 0.423. The van der Waals surface area contributed by atoms with E-state index in [-0.39, 0.29) is 78.4 Å². The van der Waals surface area contributed by atoms with Crippen molar-refractivity contribution in [1.82, 2.24) is 24.8 Å². The van der Waals surface area contributed by atoms with E-state index < -0.39 is 23.8 Å². The molecule has 4 heterocycles. The zero-order valence-electron chi connectivity index (χ0n) is 21.2. The predicted molar refractivity (Wildman–Crippen MR) is 136 cm³/mol. The number of likely N-dealkylation sites (tertiary alicyclic amines) is 1. The van der Waals surface area contributed by atoms with Crippen LogP contribution in [0.25, 0.3) is 22.2 Å². The van der Waals surface area contributed by atoms with Crippen LogP contribution in [0.1, 0.15) is 19.3 Å². The van der Waals surface area contributed by atoms with Gasteiger partial charge in [-0.3, -0.25) is 4.98 Å². The van der Waals surface area contributed by atoms with Crippen LogP contribution in [-0.2, 0) is 0 Å². The number of aromatic nitrogens is 3. The molecule has 0 spiro atoms. The van der Waals surface area contributed by atoms with Crippen LogP contribution < -0.4 is 9.64 Å². The van der Waals surface area contributed by atoms with Gasteiger partial charge in [-0.05, 0) is 44.6 Å². The number of hydrogen-bond donors (Lipinski definition) is 2. The number of likely N-dealkylation sites (N-methyl/N-ethyl adjacent to an activating group) is 1. The second-order valence-electron chi connectivity index (χ2n) is 9.70. The molecule has 2 saturated heterocycles. The minimum atomic E-state index is -1.13. The number of amides is 1. The highest BCUT2D eigenvalue weighted by molar-refractivity contribution is 5.92. The first-order valence-corrected chi connectivity index (χ1v) is 12.6. The topological polar surface area (TPSA) is 139 Å². The molecule has 0 bridgehead atoms. The Balaban J connectivity index is 1.59. The van der Waals surface area contributed by atoms with E-state index in [1.165, 1.54) is 11.1 Å². The van der Waals surface area contributed by atoms with Gasteiger partial charge < -0.3 is 29.6 Å². The number of rotatable bonds is 6. The molecule has 0 radical (unpaired) electrons. The number of piperazine rings is 1. The number of nitriles is 1. The third-order valence-corrected chi connectivity index (χ3v) is 7.28. The molecule has 2 aromatic heterocycles. The van der Waals surface area contributed by atoms with Gasteiger partial charge in [0.1, 0.15) is 35.2 Å². The maximum atomic E-state index is 15.9. The second kappa shape index (κ2) is 10.8. The zero-order valence-corrected chi connectivity index (χ0v) is 21.2. The first kappa shape index (κ1) is 26.3. The molecule has 1 aromatic carbocycles. The average Bonchev–Trinajstić information content (AvgIpc) is 3.33. The molecular weight excluding hydrogens is 512 g/mol. The van der Waals surface area contributed by atoms with E-state index in [4.69, 9.17) is 4.74 Å². The molecule has 0 unspecified atom stereocenters. The van der Waals surface area contributed by atoms with E-state index in [1.54, 1.807) is 4.90 Å². The number of phenols is 1. The first-order valence-electron chi connectivity index (χ1n) is 12.6. The van der Waals surface area contributed by atoms with Gasteiger partial charge in [0.15, 0.2) is 5.82 Å². The molecule has 0 aliphatic carbocycles. The number of hydrogen-bond acceptors (Lipinski definition) is 9. The standard InChI is InChI=1S/C26H27F2N7O4/c1-33-8-2-3-16(33)14-39-25-31-23-19(12-30-22(21(23)28)18-11-17(36)4-5-20(18)27)24(32-25)34-9-10-35(26(37)38)15(13-34)6-7-29/h4-5,11-12,15-16,36H,2-3,6,8-10,13-14H2,1H3,(H,37,38)/t15-,16-/m0/s1. The van der Waals surface area contributed by atoms with Gasteiger partial charge in [-0.2, -0.15) is 15.2 Å². The monoisotopic (exact) mass is 539 g/mol. The van der Waals surface area contributed by atoms with Crippen molar-refractivity contribution in [2.45, 2.75) is 31.3 Å². The van der Waals surface area contributed by atoms with Crippen LogP contribution >= 0.6 is 0 Å². The SMILES string of the molecule is CN1CCC[C@H]1COc1nc(N2CCN(C(=O)O)[C@@H](CC#N)C2)c2cnc(-c3cc(O)ccc3F)c(F)c2n1. The van der Waals surface area contributed by atoms with Gasteiger partial charge in [-0.15, -0.1) is 0 Å². The first-order chi connectivity index (χ1) is 18.8. The number of halogens is 2. The van der Waals surface area contributed by atoms with Crippen LogP contribution in [0.5, 0.6) is 11.8 Å². The lowest BCUT2D eigenvalue weighted by molar-refractivity contribution is 0.119. The summed E-state index contributed by atoms with van der Waals surface area (Å²) in [6, 6.07) is 4.71. The van der Waals surface area contributed by atoms with Crippen molar-refractivity contribution in [3.05, 3.63) is 36.0 Å². The highest BCUT2D eigenvalue weighted by atomic mass is 19.1. The predicted octanol–water partition coefficient (Wildman–Crippen LogP) is 3.23. The van der Waals surface area contributed by atoms with Crippen molar-refractivity contribution in [3.8, 4) is 29.1 Å². The van der Waals surface area contributed by atoms with Crippen LogP contribution in [0.2, 0.25) is 0 Å². The van der Waals surface area contributed by atoms with E-state index in [0.29, 0.717) is 0 Å². The number of phenolic OH excluding ortho intramolecular Hbond substituents is 1. The van der Waals surface area contributed by atoms with Gasteiger partial charge in [0.05, 0.1) is 23.9 Å². The fourth-order valence-corrected chi connectivity index (χ4v) is 5.15. The van der Waals surface area contributed by atoms with E-state index in [2.05, 4.69) is 19.9 Å². The van der Waals surface area contributed by atoms with Crippen LogP contribution in [0, 0.1) is 23.0 Å². The lowest BCUT2D eigenvalue weighted by Gasteiger charge is -2.39. The molecule has 0 saturated carbocycles. The van der Waals surface area contributed by atoms with Crippen molar-refractivity contribution in [1.29, 1.82) is 5.26 Å². The zero-order chi connectivity index (χ0) is 27.7. The Morgan fingerprint density at radius 2 is 2.05 bits per heavy atom. The van der Waals surface area contributed by atoms with Crippen LogP contribution in [-0.4, -0.2) is 93.0 Å². The Labute approximate surface area is 222 Å². The van der Waals surface area contributed by atoms with Gasteiger partial charge in [-0.25, -0.2) is 13.6 Å². The highest BCUT2D eigenvalue weighted by Crippen LogP contribution is 2.35. The van der Waals surface area contributed by atoms with Gasteiger partial charge in [0.25, 0.3) is 0 Å². The number of benzene rings is 1. The Morgan fingerprint density at radius 3 is 2.77 bits per heavy atom. The largest absolute Gasteiger partial charge is 0.508 e. The molecule has 11 nitrogen and oxygen atoms in total. The highest BCUT2D eigenvalue weighted by Gasteiger charge is 2.33. The second-order valence-corrected chi connectivity index (χ2v) is 9.70. The Bertz CT molecular complexity index is 1450. The van der Waals surface area contributed by atoms with E-state index in [0.717, 1.165) is 37.6 Å². The van der Waals surface area contributed by atoms with Gasteiger partial charge in [0, 0.05) is 37.4 Å². The molecule has 39 heavy (non-hydrogen) atoms. The quantitative estimate of drug-likeness (QED) is 0.480. The van der Waals surface area contributed by atoms with Crippen LogP contribution in [0.15, 0.2) is 24.4 Å². The molecule has 13 heteroatoms. The number of anilines is 1. The molecule has 2 aliphatic heterocycles. The maximum Gasteiger partial charge on any atom is 0.407 e. The molecule has 3 aromatic rings. The molecule has 2 aliphatic rings. The van der Waals surface area contributed by atoms with Crippen molar-refractivity contribution >= 4 is 22.8 Å². The normalized spacial score (nSPS) is 19.8. The number of ether oxygens (including phenoxy) is 1. The number of aromatic hydroxyl groups is 1. The van der Waals surface area contributed by atoms with Gasteiger partial charge in [0.2, 0.25) is 0 Å². The summed E-state index contributed by atoms with van der Waals surface area (Å²) < 4.78 is 36.4. The Morgan fingerprint density at radius 1 is 1.23 bits per heavy atom. The molecule has 1 amide bonds. The number of pyridine rings is 1. The van der Waals surface area contributed by atoms with Crippen molar-refractivity contribution < 1.29 is 28.5 Å². The van der Waals surface area contributed by atoms with E-state index >= 15 is 4.39 Å². The molecule has 5 rings (SSSR count). The van der Waals surface area contributed by atoms with Gasteiger partial charge >= 0.3 is 12.1 Å². The van der Waals surface area contributed by atoms with Crippen molar-refractivity contribution in [2.24, 2.45) is 0 Å². The summed E-state index contributed by atoms with van der Waals surface area (Å²) in [5, 5.41) is 28.9. The molecule has 2 N–H and O–H groups in total. The molecule has 2 atom stereocenters. The minimum Gasteiger partial charge on any atom is -0.508 e. The molecule has 2 fully saturated rings. The Hall–Kier alpha value is -4.31. The van der Waals surface area contributed by atoms with E-state index in [9.17, 15) is 24.7 Å². The van der Waals surface area contributed by atoms with Crippen molar-refractivity contribution in [2.75, 3.05) is 44.7 Å². The van der Waals surface area contributed by atoms with E-state index in [1.807, 2.05) is 13.1 Å². The number of nitrogens with zero attached hydrogens (tertiary/aromatic N) is 7. The summed E-state index contributed by atoms with van der Waals surface area (Å²) in [5.74, 6) is -1.66. The summed E-state index contributed by atoms with van der Waals surface area (Å²) >= 11 is 0. The number of carbonyl (C=O) groups is 1. The summed E-state index contributed by atoms with van der Waals surface area (Å²) in [4.78, 5) is 29.8. The summed E-state index contributed by atoms with van der Waals surface area (Å²) in [5.41, 5.74) is -0.714. The van der Waals surface area contributed by atoms with Gasteiger partial charge in [-0.1, -0.05) is 0 Å². The van der Waals surface area contributed by atoms with Crippen LogP contribution in [0.3, 0.4) is 0 Å². The maximum absolute atomic E-state index is 15.9. The average molecular weight is 540 g/mol. The summed E-state index contributed by atoms with van der Waals surface area (Å²) in [7, 11) is 1.99. The third kappa shape index (κ3) is 5.20. The number of carboxylic acid groups (broad SMARTS) is 1. The Kier molecular flexibility index (Phi) is 7.30. The lowest BCUT2D eigenvalue weighted by atomic mass is 10.1. The van der Waals surface area contributed by atoms with Crippen molar-refractivity contribution in [3.63, 3.8) is 0 Å². The third-order valence-electron chi connectivity index (χ3n) is 7.28. The smallest absolute Gasteiger partial charge is 0.407 e. The molecular formula is C26H27F2N7O4. The molecule has 204 valence electrons. The lowest BCUT2D eigenvalue weighted by Crippen LogP contribution is -2.55. The van der Waals surface area contributed by atoms with Crippen LogP contribution in [0.4, 0.5) is 19.4 Å².